The minimum Gasteiger partial charge on any atom is -0.497 e. The lowest BCUT2D eigenvalue weighted by molar-refractivity contribution is 0.306. The molecular formula is C24H19BrO5. The van der Waals surface area contributed by atoms with Gasteiger partial charge in [-0.3, -0.25) is 0 Å². The highest BCUT2D eigenvalue weighted by molar-refractivity contribution is 9.10. The first-order valence-electron chi connectivity index (χ1n) is 9.25. The summed E-state index contributed by atoms with van der Waals surface area (Å²) in [7, 11) is 3.13. The van der Waals surface area contributed by atoms with Crippen LogP contribution in [0.15, 0.2) is 80.4 Å². The maximum atomic E-state index is 12.7. The summed E-state index contributed by atoms with van der Waals surface area (Å²) in [4.78, 5) is 12.7. The van der Waals surface area contributed by atoms with Crippen LogP contribution in [0.2, 0.25) is 0 Å². The van der Waals surface area contributed by atoms with Crippen LogP contribution in [0.25, 0.3) is 22.1 Å². The van der Waals surface area contributed by atoms with Gasteiger partial charge in [-0.25, -0.2) is 4.79 Å². The molecule has 0 saturated heterocycles. The summed E-state index contributed by atoms with van der Waals surface area (Å²) in [6.07, 6.45) is 0. The maximum absolute atomic E-state index is 12.7. The molecule has 0 fully saturated rings. The molecule has 6 heteroatoms. The van der Waals surface area contributed by atoms with E-state index in [-0.39, 0.29) is 0 Å². The van der Waals surface area contributed by atoms with E-state index in [1.54, 1.807) is 44.6 Å². The Labute approximate surface area is 181 Å². The van der Waals surface area contributed by atoms with Crippen LogP contribution in [0.1, 0.15) is 5.56 Å². The topological polar surface area (TPSA) is 57.9 Å². The summed E-state index contributed by atoms with van der Waals surface area (Å²) in [6, 6.07) is 20.4. The van der Waals surface area contributed by atoms with Crippen LogP contribution in [0.5, 0.6) is 17.2 Å². The number of methoxy groups -OCH3 is 2. The highest BCUT2D eigenvalue weighted by atomic mass is 79.9. The van der Waals surface area contributed by atoms with Crippen molar-refractivity contribution in [3.05, 3.63) is 87.2 Å². The summed E-state index contributed by atoms with van der Waals surface area (Å²) >= 11 is 3.42. The van der Waals surface area contributed by atoms with Gasteiger partial charge in [-0.15, -0.1) is 0 Å². The third kappa shape index (κ3) is 4.19. The van der Waals surface area contributed by atoms with E-state index in [2.05, 4.69) is 15.9 Å². The van der Waals surface area contributed by atoms with Crippen LogP contribution in [-0.4, -0.2) is 14.2 Å². The van der Waals surface area contributed by atoms with E-state index in [0.717, 1.165) is 15.4 Å². The van der Waals surface area contributed by atoms with Gasteiger partial charge in [-0.1, -0.05) is 28.1 Å². The lowest BCUT2D eigenvalue weighted by Crippen LogP contribution is -2.04. The van der Waals surface area contributed by atoms with Crippen molar-refractivity contribution in [2.45, 2.75) is 6.61 Å². The standard InChI is InChI=1S/C24H19BrO5/c1-27-18-9-10-22(28-2)20(12-18)21-11-16-5-8-19(13-23(16)30-24(21)26)29-14-15-3-6-17(25)7-4-15/h3-13H,14H2,1-2H3. The Balaban J connectivity index is 1.66. The van der Waals surface area contributed by atoms with Crippen LogP contribution in [0.4, 0.5) is 0 Å². The van der Waals surface area contributed by atoms with Gasteiger partial charge in [-0.2, -0.15) is 0 Å². The Morgan fingerprint density at radius 2 is 1.60 bits per heavy atom. The molecule has 1 heterocycles. The molecule has 3 aromatic carbocycles. The predicted octanol–water partition coefficient (Wildman–Crippen LogP) is 5.82. The minimum absolute atomic E-state index is 0.404. The van der Waals surface area contributed by atoms with Crippen LogP contribution >= 0.6 is 15.9 Å². The van der Waals surface area contributed by atoms with Crippen molar-refractivity contribution in [1.82, 2.24) is 0 Å². The number of benzene rings is 3. The molecule has 30 heavy (non-hydrogen) atoms. The highest BCUT2D eigenvalue weighted by Gasteiger charge is 2.14. The van der Waals surface area contributed by atoms with Crippen LogP contribution in [0.3, 0.4) is 0 Å². The molecule has 0 bridgehead atoms. The van der Waals surface area contributed by atoms with Gasteiger partial charge in [0.15, 0.2) is 0 Å². The van der Waals surface area contributed by atoms with E-state index in [0.29, 0.717) is 40.6 Å². The number of hydrogen-bond donors (Lipinski definition) is 0. The fourth-order valence-electron chi connectivity index (χ4n) is 3.14. The molecular weight excluding hydrogens is 448 g/mol. The van der Waals surface area contributed by atoms with Crippen molar-refractivity contribution in [2.75, 3.05) is 14.2 Å². The quantitative estimate of drug-likeness (QED) is 0.335. The monoisotopic (exact) mass is 466 g/mol. The van der Waals surface area contributed by atoms with Gasteiger partial charge < -0.3 is 18.6 Å². The largest absolute Gasteiger partial charge is 0.497 e. The first-order chi connectivity index (χ1) is 14.6. The Morgan fingerprint density at radius 3 is 2.33 bits per heavy atom. The molecule has 0 spiro atoms. The normalized spacial score (nSPS) is 10.8. The Bertz CT molecular complexity index is 1240. The van der Waals surface area contributed by atoms with Crippen LogP contribution < -0.4 is 19.8 Å². The molecule has 0 aliphatic carbocycles. The van der Waals surface area contributed by atoms with Crippen molar-refractivity contribution < 1.29 is 18.6 Å². The number of hydrogen-bond acceptors (Lipinski definition) is 5. The number of fused-ring (bicyclic) bond motifs is 1. The van der Waals surface area contributed by atoms with Gasteiger partial charge >= 0.3 is 5.63 Å². The number of ether oxygens (including phenoxy) is 3. The summed E-state index contributed by atoms with van der Waals surface area (Å²) < 4.78 is 23.1. The lowest BCUT2D eigenvalue weighted by Gasteiger charge is -2.11. The molecule has 0 radical (unpaired) electrons. The van der Waals surface area contributed by atoms with E-state index >= 15 is 0 Å². The van der Waals surface area contributed by atoms with E-state index in [4.69, 9.17) is 18.6 Å². The Hall–Kier alpha value is -3.25. The minimum atomic E-state index is -0.459. The lowest BCUT2D eigenvalue weighted by atomic mass is 10.0. The molecule has 152 valence electrons. The third-order valence-corrected chi connectivity index (χ3v) is 5.25. The maximum Gasteiger partial charge on any atom is 0.344 e. The second-order valence-electron chi connectivity index (χ2n) is 6.63. The molecule has 0 N–H and O–H groups in total. The predicted molar refractivity (Wildman–Crippen MR) is 119 cm³/mol. The first kappa shape index (κ1) is 20.0. The van der Waals surface area contributed by atoms with Gasteiger partial charge in [0.2, 0.25) is 0 Å². The van der Waals surface area contributed by atoms with Crippen LogP contribution in [-0.2, 0) is 6.61 Å². The SMILES string of the molecule is COc1ccc(OC)c(-c2cc3ccc(OCc4ccc(Br)cc4)cc3oc2=O)c1. The zero-order valence-corrected chi connectivity index (χ0v) is 18.1. The van der Waals surface area contributed by atoms with Crippen molar-refractivity contribution in [3.8, 4) is 28.4 Å². The molecule has 0 unspecified atom stereocenters. The summed E-state index contributed by atoms with van der Waals surface area (Å²) in [5.74, 6) is 1.82. The van der Waals surface area contributed by atoms with Gasteiger partial charge in [0, 0.05) is 21.5 Å². The van der Waals surface area contributed by atoms with Gasteiger partial charge in [0.05, 0.1) is 19.8 Å². The van der Waals surface area contributed by atoms with E-state index in [1.807, 2.05) is 36.4 Å². The molecule has 0 atom stereocenters. The molecule has 1 aromatic heterocycles. The molecule has 5 nitrogen and oxygen atoms in total. The number of halogens is 1. The fourth-order valence-corrected chi connectivity index (χ4v) is 3.41. The molecule has 4 rings (SSSR count). The Kier molecular flexibility index (Phi) is 5.77. The molecule has 0 aliphatic rings. The van der Waals surface area contributed by atoms with Gasteiger partial charge in [-0.05, 0) is 54.1 Å². The average Bonchev–Trinajstić information content (AvgIpc) is 2.77. The van der Waals surface area contributed by atoms with Gasteiger partial charge in [0.1, 0.15) is 29.4 Å². The second kappa shape index (κ2) is 8.63. The molecule has 0 amide bonds. The zero-order valence-electron chi connectivity index (χ0n) is 16.5. The molecule has 0 saturated carbocycles. The van der Waals surface area contributed by atoms with Crippen molar-refractivity contribution >= 4 is 26.9 Å². The Morgan fingerprint density at radius 1 is 0.833 bits per heavy atom. The smallest absolute Gasteiger partial charge is 0.344 e. The van der Waals surface area contributed by atoms with Crippen LogP contribution in [0, 0.1) is 0 Å². The summed E-state index contributed by atoms with van der Waals surface area (Å²) in [6.45, 7) is 0.419. The summed E-state index contributed by atoms with van der Waals surface area (Å²) in [5, 5.41) is 0.783. The van der Waals surface area contributed by atoms with Crippen molar-refractivity contribution in [1.29, 1.82) is 0 Å². The average molecular weight is 467 g/mol. The van der Waals surface area contributed by atoms with E-state index in [1.165, 1.54) is 0 Å². The highest BCUT2D eigenvalue weighted by Crippen LogP contribution is 2.33. The summed E-state index contributed by atoms with van der Waals surface area (Å²) in [5.41, 5.74) is 2.06. The van der Waals surface area contributed by atoms with Crippen molar-refractivity contribution in [3.63, 3.8) is 0 Å². The van der Waals surface area contributed by atoms with Gasteiger partial charge in [0.25, 0.3) is 0 Å². The third-order valence-electron chi connectivity index (χ3n) is 4.72. The molecule has 4 aromatic rings. The molecule has 0 aliphatic heterocycles. The second-order valence-corrected chi connectivity index (χ2v) is 7.54. The number of rotatable bonds is 6. The first-order valence-corrected chi connectivity index (χ1v) is 10.0. The fraction of sp³-hybridized carbons (Fsp3) is 0.125. The van der Waals surface area contributed by atoms with E-state index < -0.39 is 5.63 Å². The van der Waals surface area contributed by atoms with E-state index in [9.17, 15) is 4.79 Å². The van der Waals surface area contributed by atoms with Crippen molar-refractivity contribution in [2.24, 2.45) is 0 Å². The zero-order chi connectivity index (χ0) is 21.1.